The minimum Gasteiger partial charge on any atom is -0.478 e. The molecular formula is C9H11NO5S2. The van der Waals surface area contributed by atoms with Crippen molar-refractivity contribution in [3.63, 3.8) is 0 Å². The molecule has 0 unspecified atom stereocenters. The Labute approximate surface area is 102 Å². The van der Waals surface area contributed by atoms with Crippen molar-refractivity contribution in [1.82, 2.24) is 4.31 Å². The quantitative estimate of drug-likeness (QED) is 0.823. The van der Waals surface area contributed by atoms with E-state index in [2.05, 4.69) is 0 Å². The molecule has 1 aliphatic rings. The molecule has 2 heterocycles. The fourth-order valence-electron chi connectivity index (χ4n) is 1.62. The Bertz CT molecular complexity index is 535. The minimum atomic E-state index is -3.66. The summed E-state index contributed by atoms with van der Waals surface area (Å²) in [5.74, 6) is -1.15. The second-order valence-electron chi connectivity index (χ2n) is 3.77. The predicted octanol–water partition coefficient (Wildman–Crippen LogP) is 0.202. The standard InChI is InChI=1S/C9H11NO5S2/c11-7-1-2-10(4-7)17(14,15)8-3-6(5-16-8)9(12)13/h3,5,7,11H,1-2,4H2,(H,12,13)/t7-/m0/s1. The van der Waals surface area contributed by atoms with Crippen molar-refractivity contribution in [2.75, 3.05) is 13.1 Å². The normalized spacial score (nSPS) is 21.8. The van der Waals surface area contributed by atoms with Gasteiger partial charge in [-0.15, -0.1) is 11.3 Å². The summed E-state index contributed by atoms with van der Waals surface area (Å²) in [6.45, 7) is 0.340. The number of nitrogens with zero attached hydrogens (tertiary/aromatic N) is 1. The second kappa shape index (κ2) is 4.37. The third-order valence-electron chi connectivity index (χ3n) is 2.54. The highest BCUT2D eigenvalue weighted by molar-refractivity contribution is 7.91. The molecule has 6 nitrogen and oxygen atoms in total. The van der Waals surface area contributed by atoms with Gasteiger partial charge in [0, 0.05) is 18.5 Å². The first-order chi connectivity index (χ1) is 7.91. The molecule has 1 atom stereocenters. The average Bonchev–Trinajstić information content (AvgIpc) is 2.85. The Balaban J connectivity index is 2.28. The fourth-order valence-corrected chi connectivity index (χ4v) is 4.42. The molecule has 1 aromatic heterocycles. The lowest BCUT2D eigenvalue weighted by molar-refractivity contribution is 0.0697. The van der Waals surface area contributed by atoms with Crippen molar-refractivity contribution < 1.29 is 23.4 Å². The highest BCUT2D eigenvalue weighted by Gasteiger charge is 2.32. The molecule has 17 heavy (non-hydrogen) atoms. The zero-order valence-corrected chi connectivity index (χ0v) is 10.4. The highest BCUT2D eigenvalue weighted by atomic mass is 32.2. The van der Waals surface area contributed by atoms with Crippen LogP contribution in [0.3, 0.4) is 0 Å². The predicted molar refractivity (Wildman–Crippen MR) is 60.7 cm³/mol. The number of aliphatic hydroxyl groups excluding tert-OH is 1. The molecule has 0 bridgehead atoms. The van der Waals surface area contributed by atoms with Crippen LogP contribution in [-0.2, 0) is 10.0 Å². The second-order valence-corrected chi connectivity index (χ2v) is 6.84. The summed E-state index contributed by atoms with van der Waals surface area (Å²) in [4.78, 5) is 10.7. The van der Waals surface area contributed by atoms with Gasteiger partial charge in [0.15, 0.2) is 0 Å². The van der Waals surface area contributed by atoms with Crippen LogP contribution in [0.2, 0.25) is 0 Å². The van der Waals surface area contributed by atoms with Crippen LogP contribution in [0.25, 0.3) is 0 Å². The van der Waals surface area contributed by atoms with Gasteiger partial charge in [-0.1, -0.05) is 0 Å². The molecular weight excluding hydrogens is 266 g/mol. The van der Waals surface area contributed by atoms with Crippen molar-refractivity contribution in [2.45, 2.75) is 16.7 Å². The van der Waals surface area contributed by atoms with Crippen molar-refractivity contribution in [2.24, 2.45) is 0 Å². The summed E-state index contributed by atoms with van der Waals surface area (Å²) in [7, 11) is -3.66. The van der Waals surface area contributed by atoms with E-state index in [1.807, 2.05) is 0 Å². The Morgan fingerprint density at radius 2 is 2.24 bits per heavy atom. The van der Waals surface area contributed by atoms with Crippen LogP contribution in [0.1, 0.15) is 16.8 Å². The van der Waals surface area contributed by atoms with Crippen molar-refractivity contribution in [1.29, 1.82) is 0 Å². The number of thiophene rings is 1. The van der Waals surface area contributed by atoms with Crippen molar-refractivity contribution in [3.8, 4) is 0 Å². The Morgan fingerprint density at radius 1 is 1.53 bits per heavy atom. The largest absolute Gasteiger partial charge is 0.478 e. The van der Waals surface area contributed by atoms with E-state index in [-0.39, 0.29) is 22.9 Å². The van der Waals surface area contributed by atoms with E-state index in [9.17, 15) is 18.3 Å². The van der Waals surface area contributed by atoms with E-state index in [4.69, 9.17) is 5.11 Å². The molecule has 0 amide bonds. The molecule has 8 heteroatoms. The molecule has 1 aliphatic heterocycles. The number of sulfonamides is 1. The number of carboxylic acid groups (broad SMARTS) is 1. The summed E-state index contributed by atoms with van der Waals surface area (Å²) in [6.07, 6.45) is -0.222. The maximum Gasteiger partial charge on any atom is 0.336 e. The van der Waals surface area contributed by atoms with Gasteiger partial charge in [0.1, 0.15) is 4.21 Å². The third-order valence-corrected chi connectivity index (χ3v) is 5.82. The molecule has 0 spiro atoms. The summed E-state index contributed by atoms with van der Waals surface area (Å²) >= 11 is 0.881. The monoisotopic (exact) mass is 277 g/mol. The van der Waals surface area contributed by atoms with Gasteiger partial charge in [-0.2, -0.15) is 4.31 Å². The number of carboxylic acids is 1. The smallest absolute Gasteiger partial charge is 0.336 e. The molecule has 0 saturated carbocycles. The lowest BCUT2D eigenvalue weighted by Gasteiger charge is -2.13. The molecule has 2 N–H and O–H groups in total. The number of aliphatic hydroxyl groups is 1. The molecule has 94 valence electrons. The fraction of sp³-hybridized carbons (Fsp3) is 0.444. The summed E-state index contributed by atoms with van der Waals surface area (Å²) in [5, 5.41) is 19.3. The van der Waals surface area contributed by atoms with Gasteiger partial charge >= 0.3 is 5.97 Å². The van der Waals surface area contributed by atoms with Gasteiger partial charge in [-0.05, 0) is 12.5 Å². The van der Waals surface area contributed by atoms with Crippen LogP contribution < -0.4 is 0 Å². The molecule has 0 aliphatic carbocycles. The van der Waals surface area contributed by atoms with E-state index >= 15 is 0 Å². The van der Waals surface area contributed by atoms with E-state index in [1.54, 1.807) is 0 Å². The third kappa shape index (κ3) is 2.34. The zero-order valence-electron chi connectivity index (χ0n) is 8.74. The Morgan fingerprint density at radius 3 is 2.71 bits per heavy atom. The van der Waals surface area contributed by atoms with Crippen LogP contribution in [0.4, 0.5) is 0 Å². The lowest BCUT2D eigenvalue weighted by atomic mass is 10.3. The van der Waals surface area contributed by atoms with Crippen LogP contribution in [0.15, 0.2) is 15.7 Å². The number of rotatable bonds is 3. The Kier molecular flexibility index (Phi) is 3.21. The number of hydrogen-bond acceptors (Lipinski definition) is 5. The summed E-state index contributed by atoms with van der Waals surface area (Å²) in [6, 6.07) is 1.15. The van der Waals surface area contributed by atoms with Crippen LogP contribution in [0.5, 0.6) is 0 Å². The number of carbonyl (C=O) groups is 1. The van der Waals surface area contributed by atoms with Crippen LogP contribution in [-0.4, -0.2) is 48.1 Å². The van der Waals surface area contributed by atoms with E-state index < -0.39 is 22.1 Å². The van der Waals surface area contributed by atoms with Crippen molar-refractivity contribution >= 4 is 27.3 Å². The zero-order chi connectivity index (χ0) is 12.6. The van der Waals surface area contributed by atoms with Gasteiger partial charge in [0.2, 0.25) is 0 Å². The average molecular weight is 277 g/mol. The molecule has 1 saturated heterocycles. The molecule has 2 rings (SSSR count). The van der Waals surface area contributed by atoms with E-state index in [0.29, 0.717) is 6.42 Å². The summed E-state index contributed by atoms with van der Waals surface area (Å²) in [5.41, 5.74) is -0.0340. The van der Waals surface area contributed by atoms with Gasteiger partial charge < -0.3 is 10.2 Å². The lowest BCUT2D eigenvalue weighted by Crippen LogP contribution is -2.29. The minimum absolute atomic E-state index is 0.00370. The Hall–Kier alpha value is -0.960. The van der Waals surface area contributed by atoms with Crippen LogP contribution in [0, 0.1) is 0 Å². The van der Waals surface area contributed by atoms with Crippen LogP contribution >= 0.6 is 11.3 Å². The molecule has 1 fully saturated rings. The maximum absolute atomic E-state index is 12.0. The molecule has 1 aromatic rings. The molecule has 0 aromatic carbocycles. The topological polar surface area (TPSA) is 94.9 Å². The van der Waals surface area contributed by atoms with E-state index in [0.717, 1.165) is 17.4 Å². The first-order valence-corrected chi connectivity index (χ1v) is 7.23. The van der Waals surface area contributed by atoms with Gasteiger partial charge in [0.25, 0.3) is 10.0 Å². The number of aromatic carboxylic acids is 1. The number of β-amino-alcohol motifs (C(OH)–C–C–N with tert-alkyl or cyclic N) is 1. The maximum atomic E-state index is 12.0. The van der Waals surface area contributed by atoms with Gasteiger partial charge in [-0.25, -0.2) is 13.2 Å². The number of hydrogen-bond donors (Lipinski definition) is 2. The highest BCUT2D eigenvalue weighted by Crippen LogP contribution is 2.26. The molecule has 0 radical (unpaired) electrons. The SMILES string of the molecule is O=C(O)c1csc(S(=O)(=O)N2CC[C@H](O)C2)c1. The van der Waals surface area contributed by atoms with E-state index in [1.165, 1.54) is 9.69 Å². The van der Waals surface area contributed by atoms with Gasteiger partial charge in [-0.3, -0.25) is 0 Å². The van der Waals surface area contributed by atoms with Gasteiger partial charge in [0.05, 0.1) is 11.7 Å². The first kappa shape index (κ1) is 12.5. The summed E-state index contributed by atoms with van der Waals surface area (Å²) < 4.78 is 25.3. The first-order valence-electron chi connectivity index (χ1n) is 4.91. The van der Waals surface area contributed by atoms with Crippen molar-refractivity contribution in [3.05, 3.63) is 17.0 Å².